The molecule has 1 aromatic rings. The van der Waals surface area contributed by atoms with Gasteiger partial charge in [-0.3, -0.25) is 14.4 Å². The Bertz CT molecular complexity index is 1050. The van der Waals surface area contributed by atoms with Gasteiger partial charge in [-0.2, -0.15) is 0 Å². The summed E-state index contributed by atoms with van der Waals surface area (Å²) in [4.78, 5) is 44.2. The summed E-state index contributed by atoms with van der Waals surface area (Å²) in [6, 6.07) is 6.12. The molecule has 3 fully saturated rings. The second-order valence-corrected chi connectivity index (χ2v) is 10.7. The van der Waals surface area contributed by atoms with Gasteiger partial charge in [0.2, 0.25) is 5.91 Å². The molecular weight excluding hydrogens is 544 g/mol. The van der Waals surface area contributed by atoms with E-state index in [-0.39, 0.29) is 42.9 Å². The van der Waals surface area contributed by atoms with Crippen LogP contribution in [0.5, 0.6) is 5.75 Å². The van der Waals surface area contributed by atoms with Crippen molar-refractivity contribution in [3.8, 4) is 5.75 Å². The molecule has 6 atom stereocenters. The van der Waals surface area contributed by atoms with Gasteiger partial charge in [0.25, 0.3) is 5.91 Å². The van der Waals surface area contributed by atoms with Gasteiger partial charge in [-0.1, -0.05) is 34.7 Å². The van der Waals surface area contributed by atoms with Crippen LogP contribution in [0.3, 0.4) is 0 Å². The Kier molecular flexibility index (Phi) is 8.40. The van der Waals surface area contributed by atoms with Crippen molar-refractivity contribution in [2.75, 3.05) is 38.3 Å². The lowest BCUT2D eigenvalue weighted by atomic mass is 9.70. The zero-order chi connectivity index (χ0) is 26.7. The van der Waals surface area contributed by atoms with E-state index in [9.17, 15) is 19.5 Å². The number of amides is 2. The van der Waals surface area contributed by atoms with Crippen molar-refractivity contribution in [1.29, 1.82) is 0 Å². The summed E-state index contributed by atoms with van der Waals surface area (Å²) in [6.45, 7) is 7.88. The molecule has 37 heavy (non-hydrogen) atoms. The van der Waals surface area contributed by atoms with Gasteiger partial charge in [-0.15, -0.1) is 6.58 Å². The first-order valence-electron chi connectivity index (χ1n) is 12.4. The number of fused-ring (bicyclic) bond motifs is 1. The van der Waals surface area contributed by atoms with E-state index >= 15 is 0 Å². The van der Waals surface area contributed by atoms with Crippen molar-refractivity contribution in [2.24, 2.45) is 11.8 Å². The van der Waals surface area contributed by atoms with Crippen LogP contribution in [0, 0.1) is 11.8 Å². The van der Waals surface area contributed by atoms with Crippen LogP contribution in [0.2, 0.25) is 0 Å². The number of unbranched alkanes of at least 4 members (excludes halogenated alkanes) is 1. The van der Waals surface area contributed by atoms with Crippen LogP contribution in [0.1, 0.15) is 19.3 Å². The number of hydrogen-bond acceptors (Lipinski definition) is 7. The number of rotatable bonds is 12. The fraction of sp³-hybridized carbons (Fsp3) is 0.519. The zero-order valence-corrected chi connectivity index (χ0v) is 22.5. The number of aliphatic hydroxyl groups excluding tert-OH is 1. The first-order valence-corrected chi connectivity index (χ1v) is 13.3. The number of esters is 1. The Hall–Kier alpha value is -2.69. The quantitative estimate of drug-likeness (QED) is 0.176. The third-order valence-electron chi connectivity index (χ3n) is 7.41. The largest absolute Gasteiger partial charge is 0.497 e. The lowest BCUT2D eigenvalue weighted by molar-refractivity contribution is -0.153. The molecule has 4 rings (SSSR count). The SMILES string of the molecule is C=CCOC(=O)[C@H]1[C@H]2C(=O)N(CCCCO)C(C(=O)N(CC=C)c3ccc(OC)cc3)C23CC(Br)[C@@H]1O3. The molecule has 0 aromatic heterocycles. The molecule has 3 unspecified atom stereocenters. The number of alkyl halides is 1. The highest BCUT2D eigenvalue weighted by molar-refractivity contribution is 9.09. The minimum absolute atomic E-state index is 0.0239. The van der Waals surface area contributed by atoms with E-state index in [1.807, 2.05) is 0 Å². The summed E-state index contributed by atoms with van der Waals surface area (Å²) < 4.78 is 17.1. The first kappa shape index (κ1) is 27.3. The maximum Gasteiger partial charge on any atom is 0.312 e. The number of benzene rings is 1. The normalized spacial score (nSPS) is 29.6. The number of likely N-dealkylation sites (tertiary alicyclic amines) is 1. The molecule has 200 valence electrons. The lowest BCUT2D eigenvalue weighted by Crippen LogP contribution is -2.57. The van der Waals surface area contributed by atoms with Gasteiger partial charge in [-0.25, -0.2) is 0 Å². The van der Waals surface area contributed by atoms with Crippen LogP contribution < -0.4 is 9.64 Å². The average Bonchev–Trinajstić information content (AvgIpc) is 3.49. The molecule has 3 saturated heterocycles. The van der Waals surface area contributed by atoms with E-state index in [4.69, 9.17) is 14.2 Å². The predicted molar refractivity (Wildman–Crippen MR) is 140 cm³/mol. The summed E-state index contributed by atoms with van der Waals surface area (Å²) in [5, 5.41) is 9.33. The Labute approximate surface area is 225 Å². The predicted octanol–water partition coefficient (Wildman–Crippen LogP) is 2.46. The summed E-state index contributed by atoms with van der Waals surface area (Å²) in [5.74, 6) is -2.17. The highest BCUT2D eigenvalue weighted by atomic mass is 79.9. The number of methoxy groups -OCH3 is 1. The molecule has 3 aliphatic heterocycles. The van der Waals surface area contributed by atoms with Crippen molar-refractivity contribution in [3.05, 3.63) is 49.6 Å². The Balaban J connectivity index is 1.75. The summed E-state index contributed by atoms with van der Waals surface area (Å²) >= 11 is 3.64. The molecule has 2 amide bonds. The number of aliphatic hydroxyl groups is 1. The maximum absolute atomic E-state index is 14.3. The molecule has 1 aromatic carbocycles. The molecule has 9 nitrogen and oxygen atoms in total. The molecule has 0 aliphatic carbocycles. The van der Waals surface area contributed by atoms with Crippen LogP contribution >= 0.6 is 15.9 Å². The Morgan fingerprint density at radius 1 is 1.27 bits per heavy atom. The van der Waals surface area contributed by atoms with E-state index in [1.165, 1.54) is 11.0 Å². The van der Waals surface area contributed by atoms with Crippen molar-refractivity contribution in [3.63, 3.8) is 0 Å². The molecule has 10 heteroatoms. The van der Waals surface area contributed by atoms with E-state index in [1.54, 1.807) is 42.4 Å². The molecule has 1 spiro atoms. The summed E-state index contributed by atoms with van der Waals surface area (Å²) in [6.07, 6.45) is 3.89. The topological polar surface area (TPSA) is 106 Å². The number of ether oxygens (including phenoxy) is 3. The molecule has 1 N–H and O–H groups in total. The van der Waals surface area contributed by atoms with E-state index in [2.05, 4.69) is 29.1 Å². The average molecular weight is 577 g/mol. The van der Waals surface area contributed by atoms with Crippen molar-refractivity contribution >= 4 is 39.4 Å². The number of hydrogen-bond donors (Lipinski definition) is 1. The van der Waals surface area contributed by atoms with Gasteiger partial charge in [0.15, 0.2) is 0 Å². The second-order valence-electron chi connectivity index (χ2n) is 9.48. The third kappa shape index (κ3) is 4.70. The Morgan fingerprint density at radius 3 is 2.62 bits per heavy atom. The summed E-state index contributed by atoms with van der Waals surface area (Å²) in [5.41, 5.74) is -0.561. The monoisotopic (exact) mass is 576 g/mol. The minimum Gasteiger partial charge on any atom is -0.497 e. The Morgan fingerprint density at radius 2 is 2.00 bits per heavy atom. The fourth-order valence-corrected chi connectivity index (χ4v) is 6.85. The van der Waals surface area contributed by atoms with Gasteiger partial charge in [0.05, 0.1) is 25.0 Å². The highest BCUT2D eigenvalue weighted by Gasteiger charge is 2.77. The van der Waals surface area contributed by atoms with Crippen LogP contribution in [0.4, 0.5) is 5.69 Å². The maximum atomic E-state index is 14.3. The third-order valence-corrected chi connectivity index (χ3v) is 8.25. The fourth-order valence-electron chi connectivity index (χ4n) is 5.91. The van der Waals surface area contributed by atoms with Gasteiger partial charge in [0.1, 0.15) is 24.0 Å². The van der Waals surface area contributed by atoms with Crippen molar-refractivity contribution in [1.82, 2.24) is 4.90 Å². The molecule has 0 radical (unpaired) electrons. The lowest BCUT2D eigenvalue weighted by Gasteiger charge is -2.37. The van der Waals surface area contributed by atoms with Crippen LogP contribution in [-0.4, -0.2) is 83.8 Å². The number of nitrogens with zero attached hydrogens (tertiary/aromatic N) is 2. The molecule has 3 heterocycles. The van der Waals surface area contributed by atoms with Crippen LogP contribution in [0.15, 0.2) is 49.6 Å². The zero-order valence-electron chi connectivity index (χ0n) is 20.9. The number of carbonyl (C=O) groups excluding carboxylic acids is 3. The van der Waals surface area contributed by atoms with E-state index in [0.717, 1.165) is 0 Å². The number of anilines is 1. The standard InChI is InChI=1S/C27H33BrN2O7/c1-4-12-29(17-8-10-18(35-3)11-9-17)25(33)23-27-16-19(28)22(37-27)20(26(34)36-15-5-2)21(27)24(32)30(23)13-6-7-14-31/h4-5,8-11,19-23,31H,1-2,6-7,12-16H2,3H3/t19?,20-,21-,22-,23?,27?/m0/s1. The molecular formula is C27H33BrN2O7. The number of halogens is 1. The molecule has 2 bridgehead atoms. The van der Waals surface area contributed by atoms with Crippen molar-refractivity contribution in [2.45, 2.75) is 41.8 Å². The van der Waals surface area contributed by atoms with Gasteiger partial charge < -0.3 is 29.1 Å². The highest BCUT2D eigenvalue weighted by Crippen LogP contribution is 2.60. The van der Waals surface area contributed by atoms with Gasteiger partial charge >= 0.3 is 5.97 Å². The molecule has 0 saturated carbocycles. The van der Waals surface area contributed by atoms with Gasteiger partial charge in [-0.05, 0) is 43.5 Å². The van der Waals surface area contributed by atoms with E-state index < -0.39 is 35.6 Å². The van der Waals surface area contributed by atoms with E-state index in [0.29, 0.717) is 30.7 Å². The van der Waals surface area contributed by atoms with Crippen LogP contribution in [0.25, 0.3) is 0 Å². The van der Waals surface area contributed by atoms with Gasteiger partial charge in [0, 0.05) is 30.2 Å². The minimum atomic E-state index is -1.18. The molecule has 3 aliphatic rings. The first-order chi connectivity index (χ1) is 17.8. The number of carbonyl (C=O) groups is 3. The smallest absolute Gasteiger partial charge is 0.312 e. The second kappa shape index (κ2) is 11.4. The van der Waals surface area contributed by atoms with Crippen molar-refractivity contribution < 1.29 is 33.7 Å². The van der Waals surface area contributed by atoms with Crippen LogP contribution in [-0.2, 0) is 23.9 Å². The summed E-state index contributed by atoms with van der Waals surface area (Å²) in [7, 11) is 1.57.